The molecular formula is C10H12N2S. The summed E-state index contributed by atoms with van der Waals surface area (Å²) in [5, 5.41) is 0.985. The molecule has 1 atom stereocenters. The first-order chi connectivity index (χ1) is 6.20. The number of fused-ring (bicyclic) bond motifs is 1. The zero-order valence-electron chi connectivity index (χ0n) is 7.44. The molecule has 1 aromatic heterocycles. The molecule has 0 bridgehead atoms. The number of para-hydroxylation sites is 1. The van der Waals surface area contributed by atoms with Crippen molar-refractivity contribution in [3.63, 3.8) is 0 Å². The lowest BCUT2D eigenvalue weighted by atomic mass is 10.2. The Balaban J connectivity index is 2.78. The first-order valence-electron chi connectivity index (χ1n) is 4.18. The van der Waals surface area contributed by atoms with E-state index in [0.717, 1.165) is 5.56 Å². The Morgan fingerprint density at radius 1 is 1.38 bits per heavy atom. The predicted molar refractivity (Wildman–Crippen MR) is 58.8 cm³/mol. The summed E-state index contributed by atoms with van der Waals surface area (Å²) in [6.45, 7) is 0. The lowest BCUT2D eigenvalue weighted by Gasteiger charge is -2.00. The highest BCUT2D eigenvalue weighted by Crippen LogP contribution is 2.25. The maximum absolute atomic E-state index is 5.74. The van der Waals surface area contributed by atoms with Crippen molar-refractivity contribution in [2.24, 2.45) is 12.8 Å². The topological polar surface area (TPSA) is 30.9 Å². The van der Waals surface area contributed by atoms with Crippen LogP contribution in [0.2, 0.25) is 0 Å². The fraction of sp³-hybridized carbons (Fsp3) is 0.200. The van der Waals surface area contributed by atoms with Gasteiger partial charge in [-0.05, 0) is 6.07 Å². The van der Waals surface area contributed by atoms with Gasteiger partial charge in [0.1, 0.15) is 0 Å². The second kappa shape index (κ2) is 3.09. The average Bonchev–Trinajstić information content (AvgIpc) is 2.45. The standard InChI is InChI=1S/C10H12N2S/c1-12-6-8(10(11)13)7-4-2-3-5-9(7)12/h2-6,10,13H,11H2,1H3. The first kappa shape index (κ1) is 8.66. The number of aryl methyl sites for hydroxylation is 1. The molecule has 68 valence electrons. The summed E-state index contributed by atoms with van der Waals surface area (Å²) >= 11 is 4.24. The third-order valence-corrected chi connectivity index (χ3v) is 2.52. The van der Waals surface area contributed by atoms with E-state index in [9.17, 15) is 0 Å². The highest BCUT2D eigenvalue weighted by molar-refractivity contribution is 7.80. The molecule has 2 N–H and O–H groups in total. The van der Waals surface area contributed by atoms with Crippen LogP contribution < -0.4 is 5.73 Å². The van der Waals surface area contributed by atoms with Crippen molar-refractivity contribution in [1.29, 1.82) is 0 Å². The van der Waals surface area contributed by atoms with E-state index in [1.807, 2.05) is 25.4 Å². The highest BCUT2D eigenvalue weighted by atomic mass is 32.1. The molecule has 0 aliphatic carbocycles. The number of nitrogens with two attached hydrogens (primary N) is 1. The molecule has 0 radical (unpaired) electrons. The van der Waals surface area contributed by atoms with Gasteiger partial charge < -0.3 is 10.3 Å². The Morgan fingerprint density at radius 2 is 2.08 bits per heavy atom. The number of hydrogen-bond donors (Lipinski definition) is 2. The minimum atomic E-state index is -0.203. The van der Waals surface area contributed by atoms with E-state index in [2.05, 4.69) is 29.3 Å². The Hall–Kier alpha value is -0.930. The van der Waals surface area contributed by atoms with Crippen LogP contribution in [0.5, 0.6) is 0 Å². The molecule has 0 aliphatic rings. The fourth-order valence-electron chi connectivity index (χ4n) is 1.61. The summed E-state index contributed by atoms with van der Waals surface area (Å²) in [6, 6.07) is 8.19. The molecule has 2 rings (SSSR count). The van der Waals surface area contributed by atoms with Gasteiger partial charge in [-0.15, -0.1) is 0 Å². The monoisotopic (exact) mass is 192 g/mol. The number of thiol groups is 1. The van der Waals surface area contributed by atoms with E-state index in [1.165, 1.54) is 10.9 Å². The molecule has 0 spiro atoms. The molecule has 3 heteroatoms. The van der Waals surface area contributed by atoms with Gasteiger partial charge in [0.2, 0.25) is 0 Å². The van der Waals surface area contributed by atoms with Crippen LogP contribution in [0.1, 0.15) is 10.9 Å². The van der Waals surface area contributed by atoms with Gasteiger partial charge in [0.15, 0.2) is 0 Å². The predicted octanol–water partition coefficient (Wildman–Crippen LogP) is 2.07. The van der Waals surface area contributed by atoms with Crippen molar-refractivity contribution >= 4 is 23.5 Å². The molecule has 0 amide bonds. The molecule has 1 heterocycles. The van der Waals surface area contributed by atoms with Gasteiger partial charge in [0.25, 0.3) is 0 Å². The summed E-state index contributed by atoms with van der Waals surface area (Å²) < 4.78 is 2.07. The van der Waals surface area contributed by atoms with Crippen molar-refractivity contribution in [2.75, 3.05) is 0 Å². The number of benzene rings is 1. The van der Waals surface area contributed by atoms with Gasteiger partial charge in [-0.1, -0.05) is 18.2 Å². The van der Waals surface area contributed by atoms with E-state index in [0.29, 0.717) is 0 Å². The van der Waals surface area contributed by atoms with E-state index in [1.54, 1.807) is 0 Å². The molecule has 13 heavy (non-hydrogen) atoms. The maximum atomic E-state index is 5.74. The van der Waals surface area contributed by atoms with E-state index >= 15 is 0 Å². The molecule has 0 fully saturated rings. The van der Waals surface area contributed by atoms with Crippen LogP contribution in [-0.2, 0) is 7.05 Å². The van der Waals surface area contributed by atoms with Gasteiger partial charge in [-0.2, -0.15) is 12.6 Å². The van der Waals surface area contributed by atoms with E-state index < -0.39 is 0 Å². The molecule has 1 aromatic carbocycles. The van der Waals surface area contributed by atoms with Crippen LogP contribution in [0.15, 0.2) is 30.5 Å². The number of aromatic nitrogens is 1. The SMILES string of the molecule is Cn1cc(C(N)S)c2ccccc21. The third-order valence-electron chi connectivity index (χ3n) is 2.25. The highest BCUT2D eigenvalue weighted by Gasteiger charge is 2.08. The molecule has 0 aliphatic heterocycles. The second-order valence-corrected chi connectivity index (χ2v) is 3.71. The smallest absolute Gasteiger partial charge is 0.0755 e. The van der Waals surface area contributed by atoms with E-state index in [4.69, 9.17) is 5.73 Å². The van der Waals surface area contributed by atoms with Crippen molar-refractivity contribution < 1.29 is 0 Å². The Bertz CT molecular complexity index is 431. The molecule has 0 saturated carbocycles. The second-order valence-electron chi connectivity index (χ2n) is 3.16. The van der Waals surface area contributed by atoms with Gasteiger partial charge >= 0.3 is 0 Å². The number of nitrogens with zero attached hydrogens (tertiary/aromatic N) is 1. The van der Waals surface area contributed by atoms with Crippen molar-refractivity contribution in [2.45, 2.75) is 5.37 Å². The Morgan fingerprint density at radius 3 is 2.77 bits per heavy atom. The van der Waals surface area contributed by atoms with Crippen molar-refractivity contribution in [1.82, 2.24) is 4.57 Å². The summed E-state index contributed by atoms with van der Waals surface area (Å²) in [7, 11) is 2.02. The largest absolute Gasteiger partial charge is 0.350 e. The van der Waals surface area contributed by atoms with Crippen LogP contribution >= 0.6 is 12.6 Å². The number of rotatable bonds is 1. The summed E-state index contributed by atoms with van der Waals surface area (Å²) in [5.41, 5.74) is 8.02. The lowest BCUT2D eigenvalue weighted by molar-refractivity contribution is 0.944. The van der Waals surface area contributed by atoms with Crippen LogP contribution in [0.3, 0.4) is 0 Å². The van der Waals surface area contributed by atoms with Crippen LogP contribution in [0, 0.1) is 0 Å². The van der Waals surface area contributed by atoms with Crippen LogP contribution in [0.25, 0.3) is 10.9 Å². The molecule has 1 unspecified atom stereocenters. The van der Waals surface area contributed by atoms with Gasteiger partial charge in [-0.25, -0.2) is 0 Å². The molecular weight excluding hydrogens is 180 g/mol. The first-order valence-corrected chi connectivity index (χ1v) is 4.69. The minimum absolute atomic E-state index is 0.203. The van der Waals surface area contributed by atoms with Crippen molar-refractivity contribution in [3.05, 3.63) is 36.0 Å². The normalized spacial score (nSPS) is 13.5. The lowest BCUT2D eigenvalue weighted by Crippen LogP contribution is -2.00. The van der Waals surface area contributed by atoms with Crippen LogP contribution in [0.4, 0.5) is 0 Å². The maximum Gasteiger partial charge on any atom is 0.0755 e. The average molecular weight is 192 g/mol. The quantitative estimate of drug-likeness (QED) is 0.526. The third kappa shape index (κ3) is 1.34. The van der Waals surface area contributed by atoms with Gasteiger partial charge in [0.05, 0.1) is 5.37 Å². The van der Waals surface area contributed by atoms with Crippen LogP contribution in [-0.4, -0.2) is 4.57 Å². The van der Waals surface area contributed by atoms with Gasteiger partial charge in [-0.3, -0.25) is 0 Å². The molecule has 2 nitrogen and oxygen atoms in total. The van der Waals surface area contributed by atoms with Gasteiger partial charge in [0, 0.05) is 29.7 Å². The summed E-state index contributed by atoms with van der Waals surface area (Å²) in [6.07, 6.45) is 2.03. The zero-order chi connectivity index (χ0) is 9.42. The molecule has 2 aromatic rings. The minimum Gasteiger partial charge on any atom is -0.350 e. The molecule has 0 saturated heterocycles. The Labute approximate surface area is 82.8 Å². The summed E-state index contributed by atoms with van der Waals surface area (Å²) in [5.74, 6) is 0. The number of hydrogen-bond acceptors (Lipinski definition) is 2. The van der Waals surface area contributed by atoms with E-state index in [-0.39, 0.29) is 5.37 Å². The fourth-order valence-corrected chi connectivity index (χ4v) is 1.81. The zero-order valence-corrected chi connectivity index (χ0v) is 8.33. The van der Waals surface area contributed by atoms with Crippen molar-refractivity contribution in [3.8, 4) is 0 Å². The summed E-state index contributed by atoms with van der Waals surface area (Å²) in [4.78, 5) is 0. The Kier molecular flexibility index (Phi) is 2.06.